The molecule has 0 fully saturated rings. The zero-order valence-corrected chi connectivity index (χ0v) is 10.4. The Balaban J connectivity index is 1.93. The van der Waals surface area contributed by atoms with Crippen LogP contribution in [0, 0.1) is 0 Å². The number of rotatable bonds is 5. The first-order chi connectivity index (χ1) is 8.19. The lowest BCUT2D eigenvalue weighted by molar-refractivity contribution is 0.173. The summed E-state index contributed by atoms with van der Waals surface area (Å²) in [6.07, 6.45) is 9.34. The minimum atomic E-state index is -0.338. The van der Waals surface area contributed by atoms with E-state index in [2.05, 4.69) is 9.67 Å². The van der Waals surface area contributed by atoms with Crippen LogP contribution in [0.25, 0.3) is 0 Å². The normalized spacial score (nSPS) is 12.9. The second kappa shape index (κ2) is 5.19. The second-order valence-electron chi connectivity index (χ2n) is 4.38. The van der Waals surface area contributed by atoms with Crippen LogP contribution in [0.2, 0.25) is 0 Å². The van der Waals surface area contributed by atoms with Gasteiger partial charge in [-0.15, -0.1) is 0 Å². The van der Waals surface area contributed by atoms with Gasteiger partial charge in [-0.05, 0) is 30.0 Å². The monoisotopic (exact) mass is 233 g/mol. The highest BCUT2D eigenvalue weighted by atomic mass is 16.3. The molecule has 0 aliphatic carbocycles. The lowest BCUT2D eigenvalue weighted by Gasteiger charge is -2.04. The molecule has 0 aromatic carbocycles. The van der Waals surface area contributed by atoms with Gasteiger partial charge in [0.15, 0.2) is 0 Å². The fraction of sp³-hybridized carbons (Fsp3) is 0.462. The molecule has 1 atom stereocenters. The predicted molar refractivity (Wildman–Crippen MR) is 66.6 cm³/mol. The van der Waals surface area contributed by atoms with Crippen LogP contribution in [-0.4, -0.2) is 19.5 Å². The molecule has 2 aromatic rings. The van der Waals surface area contributed by atoms with E-state index in [1.807, 2.05) is 49.5 Å². The van der Waals surface area contributed by atoms with Crippen molar-refractivity contribution in [3.63, 3.8) is 0 Å². The molecule has 1 N–H and O–H groups in total. The maximum atomic E-state index is 9.70. The van der Waals surface area contributed by atoms with Crippen LogP contribution in [0.4, 0.5) is 0 Å². The maximum Gasteiger partial charge on any atom is 0.0802 e. The van der Waals surface area contributed by atoms with Gasteiger partial charge in [-0.3, -0.25) is 4.68 Å². The van der Waals surface area contributed by atoms with E-state index in [1.165, 1.54) is 5.56 Å². The highest BCUT2D eigenvalue weighted by Gasteiger charge is 2.06. The molecule has 4 nitrogen and oxygen atoms in total. The van der Waals surface area contributed by atoms with E-state index in [1.54, 1.807) is 0 Å². The second-order valence-corrected chi connectivity index (χ2v) is 4.38. The zero-order valence-electron chi connectivity index (χ0n) is 10.4. The molecule has 2 heterocycles. The van der Waals surface area contributed by atoms with Crippen molar-refractivity contribution in [2.24, 2.45) is 7.05 Å². The molecule has 0 bridgehead atoms. The van der Waals surface area contributed by atoms with Gasteiger partial charge in [0.05, 0.1) is 12.3 Å². The van der Waals surface area contributed by atoms with Gasteiger partial charge in [0.1, 0.15) is 0 Å². The Morgan fingerprint density at radius 2 is 2.24 bits per heavy atom. The first kappa shape index (κ1) is 11.9. The topological polar surface area (TPSA) is 43.0 Å². The average Bonchev–Trinajstić information content (AvgIpc) is 2.94. The Morgan fingerprint density at radius 1 is 1.41 bits per heavy atom. The molecule has 2 aromatic heterocycles. The van der Waals surface area contributed by atoms with E-state index < -0.39 is 0 Å². The molecule has 4 heteroatoms. The molecule has 0 aliphatic rings. The summed E-state index contributed by atoms with van der Waals surface area (Å²) in [6, 6.07) is 1.98. The fourth-order valence-corrected chi connectivity index (χ4v) is 1.89. The minimum absolute atomic E-state index is 0.338. The number of hydrogen-bond acceptors (Lipinski definition) is 2. The number of nitrogens with zero attached hydrogens (tertiary/aromatic N) is 3. The lowest BCUT2D eigenvalue weighted by Crippen LogP contribution is -1.98. The van der Waals surface area contributed by atoms with Crippen LogP contribution in [-0.2, 0) is 20.0 Å². The fourth-order valence-electron chi connectivity index (χ4n) is 1.89. The van der Waals surface area contributed by atoms with Crippen LogP contribution in [0.3, 0.4) is 0 Å². The van der Waals surface area contributed by atoms with Crippen molar-refractivity contribution in [2.45, 2.75) is 32.4 Å². The molecule has 92 valence electrons. The van der Waals surface area contributed by atoms with Crippen molar-refractivity contribution in [1.29, 1.82) is 0 Å². The Labute approximate surface area is 101 Å². The third-order valence-electron chi connectivity index (χ3n) is 2.96. The van der Waals surface area contributed by atoms with Crippen LogP contribution >= 0.6 is 0 Å². The third-order valence-corrected chi connectivity index (χ3v) is 2.96. The molecular weight excluding hydrogens is 214 g/mol. The predicted octanol–water partition coefficient (Wildman–Crippen LogP) is 1.91. The van der Waals surface area contributed by atoms with E-state index in [0.717, 1.165) is 24.9 Å². The third kappa shape index (κ3) is 2.97. The summed E-state index contributed by atoms with van der Waals surface area (Å²) in [6.45, 7) is 2.90. The number of aromatic nitrogens is 3. The SMILES string of the molecule is CCC(O)c1ccn(CCc2cnn(C)c2)c1. The number of aryl methyl sites for hydroxylation is 3. The standard InChI is InChI=1S/C13H19N3O/c1-3-13(17)12-5-7-16(10-12)6-4-11-8-14-15(2)9-11/h5,7-10,13,17H,3-4,6H2,1-2H3. The summed E-state index contributed by atoms with van der Waals surface area (Å²) >= 11 is 0. The van der Waals surface area contributed by atoms with Crippen molar-refractivity contribution in [3.05, 3.63) is 42.0 Å². The maximum absolute atomic E-state index is 9.70. The average molecular weight is 233 g/mol. The largest absolute Gasteiger partial charge is 0.388 e. The van der Waals surface area contributed by atoms with Crippen molar-refractivity contribution in [1.82, 2.24) is 14.3 Å². The smallest absolute Gasteiger partial charge is 0.0802 e. The molecule has 2 rings (SSSR count). The zero-order chi connectivity index (χ0) is 12.3. The van der Waals surface area contributed by atoms with Gasteiger partial charge < -0.3 is 9.67 Å². The summed E-state index contributed by atoms with van der Waals surface area (Å²) in [5, 5.41) is 13.8. The Kier molecular flexibility index (Phi) is 3.64. The van der Waals surface area contributed by atoms with Crippen molar-refractivity contribution in [3.8, 4) is 0 Å². The molecule has 0 saturated carbocycles. The van der Waals surface area contributed by atoms with Crippen LogP contribution in [0.5, 0.6) is 0 Å². The van der Waals surface area contributed by atoms with Gasteiger partial charge in [-0.1, -0.05) is 6.92 Å². The summed E-state index contributed by atoms with van der Waals surface area (Å²) in [4.78, 5) is 0. The highest BCUT2D eigenvalue weighted by Crippen LogP contribution is 2.16. The summed E-state index contributed by atoms with van der Waals surface area (Å²) < 4.78 is 3.93. The van der Waals surface area contributed by atoms with E-state index in [-0.39, 0.29) is 6.10 Å². The molecular formula is C13H19N3O. The highest BCUT2D eigenvalue weighted by molar-refractivity contribution is 5.13. The molecule has 0 aliphatic heterocycles. The first-order valence-electron chi connectivity index (χ1n) is 6.00. The molecule has 17 heavy (non-hydrogen) atoms. The van der Waals surface area contributed by atoms with Crippen LogP contribution in [0.1, 0.15) is 30.6 Å². The van der Waals surface area contributed by atoms with E-state index in [9.17, 15) is 5.11 Å². The summed E-state index contributed by atoms with van der Waals surface area (Å²) in [5.41, 5.74) is 2.23. The summed E-state index contributed by atoms with van der Waals surface area (Å²) in [5.74, 6) is 0. The van der Waals surface area contributed by atoms with Gasteiger partial charge in [0.25, 0.3) is 0 Å². The number of aliphatic hydroxyl groups is 1. The summed E-state index contributed by atoms with van der Waals surface area (Å²) in [7, 11) is 1.93. The van der Waals surface area contributed by atoms with Gasteiger partial charge in [-0.2, -0.15) is 5.10 Å². The Morgan fingerprint density at radius 3 is 2.88 bits per heavy atom. The van der Waals surface area contributed by atoms with Gasteiger partial charge in [0.2, 0.25) is 0 Å². The molecule has 1 unspecified atom stereocenters. The van der Waals surface area contributed by atoms with Gasteiger partial charge in [0, 0.05) is 32.2 Å². The number of aliphatic hydroxyl groups excluding tert-OH is 1. The molecule has 0 radical (unpaired) electrons. The first-order valence-corrected chi connectivity index (χ1v) is 6.00. The van der Waals surface area contributed by atoms with E-state index in [0.29, 0.717) is 0 Å². The minimum Gasteiger partial charge on any atom is -0.388 e. The van der Waals surface area contributed by atoms with Crippen LogP contribution < -0.4 is 0 Å². The quantitative estimate of drug-likeness (QED) is 0.857. The van der Waals surface area contributed by atoms with E-state index in [4.69, 9.17) is 0 Å². The Bertz CT molecular complexity index is 472. The Hall–Kier alpha value is -1.55. The van der Waals surface area contributed by atoms with Gasteiger partial charge in [-0.25, -0.2) is 0 Å². The van der Waals surface area contributed by atoms with Crippen molar-refractivity contribution in [2.75, 3.05) is 0 Å². The van der Waals surface area contributed by atoms with Crippen molar-refractivity contribution >= 4 is 0 Å². The van der Waals surface area contributed by atoms with Crippen molar-refractivity contribution < 1.29 is 5.11 Å². The molecule has 0 amide bonds. The lowest BCUT2D eigenvalue weighted by atomic mass is 10.1. The van der Waals surface area contributed by atoms with Gasteiger partial charge >= 0.3 is 0 Å². The van der Waals surface area contributed by atoms with E-state index >= 15 is 0 Å². The number of hydrogen-bond donors (Lipinski definition) is 1. The molecule has 0 saturated heterocycles. The molecule has 0 spiro atoms. The van der Waals surface area contributed by atoms with Crippen LogP contribution in [0.15, 0.2) is 30.9 Å².